The van der Waals surface area contributed by atoms with Crippen LogP contribution in [0.5, 0.6) is 0 Å². The monoisotopic (exact) mass is 380 g/mol. The first-order valence-corrected chi connectivity index (χ1v) is 9.34. The van der Waals surface area contributed by atoms with Crippen LogP contribution in [0.4, 0.5) is 24.8 Å². The third-order valence-corrected chi connectivity index (χ3v) is 5.38. The second-order valence-electron chi connectivity index (χ2n) is 7.31. The van der Waals surface area contributed by atoms with E-state index < -0.39 is 11.9 Å². The fourth-order valence-electron chi connectivity index (χ4n) is 4.02. The molecule has 0 radical (unpaired) electrons. The van der Waals surface area contributed by atoms with E-state index in [4.69, 9.17) is 0 Å². The highest BCUT2D eigenvalue weighted by Gasteiger charge is 2.36. The van der Waals surface area contributed by atoms with Crippen molar-refractivity contribution >= 4 is 11.6 Å². The van der Waals surface area contributed by atoms with Crippen LogP contribution < -0.4 is 9.80 Å². The molecule has 2 saturated heterocycles. The Morgan fingerprint density at radius 2 is 1.67 bits per heavy atom. The molecule has 4 rings (SSSR count). The van der Waals surface area contributed by atoms with Gasteiger partial charge in [0.25, 0.3) is 0 Å². The third kappa shape index (κ3) is 3.72. The van der Waals surface area contributed by atoms with Gasteiger partial charge in [0.15, 0.2) is 5.69 Å². The van der Waals surface area contributed by atoms with Crippen LogP contribution in [0.1, 0.15) is 43.1 Å². The second kappa shape index (κ2) is 7.01. The summed E-state index contributed by atoms with van der Waals surface area (Å²) in [5.74, 6) is 2.20. The van der Waals surface area contributed by atoms with Gasteiger partial charge in [-0.3, -0.25) is 0 Å². The number of aryl methyl sites for hydroxylation is 1. The van der Waals surface area contributed by atoms with Crippen molar-refractivity contribution in [2.24, 2.45) is 7.05 Å². The molecule has 0 aromatic carbocycles. The largest absolute Gasteiger partial charge is 0.434 e. The molecule has 2 fully saturated rings. The van der Waals surface area contributed by atoms with Crippen molar-refractivity contribution in [3.63, 3.8) is 0 Å². The quantitative estimate of drug-likeness (QED) is 0.818. The summed E-state index contributed by atoms with van der Waals surface area (Å²) in [5, 5.41) is 0. The molecule has 27 heavy (non-hydrogen) atoms. The summed E-state index contributed by atoms with van der Waals surface area (Å²) in [6.45, 7) is 3.46. The maximum Gasteiger partial charge on any atom is 0.434 e. The Balaban J connectivity index is 1.53. The molecule has 146 valence electrons. The van der Waals surface area contributed by atoms with Crippen LogP contribution in [0, 0.1) is 0 Å². The van der Waals surface area contributed by atoms with E-state index in [1.165, 1.54) is 17.4 Å². The van der Waals surface area contributed by atoms with Crippen LogP contribution in [-0.4, -0.2) is 45.7 Å². The molecule has 4 heterocycles. The predicted molar refractivity (Wildman–Crippen MR) is 95.9 cm³/mol. The van der Waals surface area contributed by atoms with Gasteiger partial charge < -0.3 is 14.4 Å². The van der Waals surface area contributed by atoms with Gasteiger partial charge in [-0.05, 0) is 25.7 Å². The topological polar surface area (TPSA) is 50.1 Å². The molecule has 2 aliphatic heterocycles. The van der Waals surface area contributed by atoms with E-state index in [9.17, 15) is 13.2 Å². The van der Waals surface area contributed by atoms with E-state index in [-0.39, 0.29) is 5.92 Å². The average Bonchev–Trinajstić information content (AvgIpc) is 3.31. The summed E-state index contributed by atoms with van der Waals surface area (Å²) in [6, 6.07) is 1.99. The van der Waals surface area contributed by atoms with Crippen LogP contribution in [-0.2, 0) is 13.2 Å². The average molecular weight is 380 g/mol. The van der Waals surface area contributed by atoms with Gasteiger partial charge in [-0.1, -0.05) is 0 Å². The maximum absolute atomic E-state index is 13.0. The zero-order valence-corrected chi connectivity index (χ0v) is 15.3. The molecule has 0 bridgehead atoms. The lowest BCUT2D eigenvalue weighted by atomic mass is 9.97. The second-order valence-corrected chi connectivity index (χ2v) is 7.31. The number of anilines is 2. The van der Waals surface area contributed by atoms with Crippen LogP contribution in [0.15, 0.2) is 18.6 Å². The van der Waals surface area contributed by atoms with Gasteiger partial charge in [0, 0.05) is 51.4 Å². The van der Waals surface area contributed by atoms with E-state index in [1.807, 2.05) is 6.07 Å². The lowest BCUT2D eigenvalue weighted by Gasteiger charge is -2.33. The highest BCUT2D eigenvalue weighted by atomic mass is 19.4. The van der Waals surface area contributed by atoms with Crippen molar-refractivity contribution in [2.75, 3.05) is 36.0 Å². The molecule has 9 heteroatoms. The maximum atomic E-state index is 13.0. The molecule has 0 N–H and O–H groups in total. The first-order valence-electron chi connectivity index (χ1n) is 9.34. The molecule has 2 aromatic rings. The number of imidazole rings is 1. The number of halogens is 3. The van der Waals surface area contributed by atoms with Gasteiger partial charge >= 0.3 is 6.18 Å². The molecule has 0 amide bonds. The lowest BCUT2D eigenvalue weighted by Crippen LogP contribution is -2.36. The van der Waals surface area contributed by atoms with Crippen molar-refractivity contribution in [1.29, 1.82) is 0 Å². The summed E-state index contributed by atoms with van der Waals surface area (Å²) in [4.78, 5) is 17.1. The molecular weight excluding hydrogens is 357 g/mol. The lowest BCUT2D eigenvalue weighted by molar-refractivity contribution is -0.141. The van der Waals surface area contributed by atoms with E-state index >= 15 is 0 Å². The van der Waals surface area contributed by atoms with Gasteiger partial charge in [-0.2, -0.15) is 13.2 Å². The van der Waals surface area contributed by atoms with Crippen LogP contribution in [0.3, 0.4) is 0 Å². The minimum Gasteiger partial charge on any atom is -0.356 e. The molecule has 0 aliphatic carbocycles. The van der Waals surface area contributed by atoms with Crippen LogP contribution in [0.25, 0.3) is 0 Å². The zero-order chi connectivity index (χ0) is 19.0. The highest BCUT2D eigenvalue weighted by Crippen LogP contribution is 2.33. The SMILES string of the molecule is Cn1cc(C(F)(F)F)nc1[C@H]1CCCN(c2cc(N3CCCC3)ncn2)C1. The molecule has 2 aliphatic rings. The standard InChI is InChI=1S/C18H23F3N6/c1-25-11-14(18(19,20)21)24-17(25)13-5-4-8-27(10-13)16-9-15(22-12-23-16)26-6-2-3-7-26/h9,11-13H,2-8,10H2,1H3/t13-/m0/s1. The van der Waals surface area contributed by atoms with Crippen LogP contribution >= 0.6 is 0 Å². The van der Waals surface area contributed by atoms with E-state index in [2.05, 4.69) is 24.8 Å². The molecule has 1 atom stereocenters. The minimum atomic E-state index is -4.42. The molecule has 0 saturated carbocycles. The molecule has 0 spiro atoms. The van der Waals surface area contributed by atoms with E-state index in [0.717, 1.165) is 50.3 Å². The number of nitrogens with zero attached hydrogens (tertiary/aromatic N) is 6. The summed E-state index contributed by atoms with van der Waals surface area (Å²) >= 11 is 0. The Hall–Kier alpha value is -2.32. The van der Waals surface area contributed by atoms with E-state index in [1.54, 1.807) is 13.4 Å². The zero-order valence-electron chi connectivity index (χ0n) is 15.3. The minimum absolute atomic E-state index is 0.0509. The Labute approximate surface area is 156 Å². The van der Waals surface area contributed by atoms with Crippen molar-refractivity contribution in [2.45, 2.75) is 37.8 Å². The van der Waals surface area contributed by atoms with Gasteiger partial charge in [-0.15, -0.1) is 0 Å². The molecule has 2 aromatic heterocycles. The number of rotatable bonds is 3. The third-order valence-electron chi connectivity index (χ3n) is 5.38. The fraction of sp³-hybridized carbons (Fsp3) is 0.611. The molecule has 6 nitrogen and oxygen atoms in total. The number of hydrogen-bond acceptors (Lipinski definition) is 5. The summed E-state index contributed by atoms with van der Waals surface area (Å²) < 4.78 is 40.4. The summed E-state index contributed by atoms with van der Waals surface area (Å²) in [6.07, 6.45) is 2.30. The Morgan fingerprint density at radius 1 is 1.00 bits per heavy atom. The number of alkyl halides is 3. The molecule has 0 unspecified atom stereocenters. The summed E-state index contributed by atoms with van der Waals surface area (Å²) in [7, 11) is 1.63. The smallest absolute Gasteiger partial charge is 0.356 e. The Bertz CT molecular complexity index is 797. The van der Waals surface area contributed by atoms with Crippen molar-refractivity contribution in [1.82, 2.24) is 19.5 Å². The van der Waals surface area contributed by atoms with Crippen molar-refractivity contribution in [3.05, 3.63) is 30.1 Å². The predicted octanol–water partition coefficient (Wildman–Crippen LogP) is 3.21. The number of piperidine rings is 1. The van der Waals surface area contributed by atoms with Gasteiger partial charge in [-0.25, -0.2) is 15.0 Å². The van der Waals surface area contributed by atoms with Crippen LogP contribution in [0.2, 0.25) is 0 Å². The first kappa shape index (κ1) is 18.1. The van der Waals surface area contributed by atoms with E-state index in [0.29, 0.717) is 12.4 Å². The normalized spacial score (nSPS) is 21.1. The van der Waals surface area contributed by atoms with Gasteiger partial charge in [0.1, 0.15) is 23.8 Å². The summed E-state index contributed by atoms with van der Waals surface area (Å²) in [5.41, 5.74) is -0.824. The highest BCUT2D eigenvalue weighted by molar-refractivity contribution is 5.51. The van der Waals surface area contributed by atoms with Gasteiger partial charge in [0.05, 0.1) is 0 Å². The fourth-order valence-corrected chi connectivity index (χ4v) is 4.02. The van der Waals surface area contributed by atoms with Crippen molar-refractivity contribution < 1.29 is 13.2 Å². The van der Waals surface area contributed by atoms with Gasteiger partial charge in [0.2, 0.25) is 0 Å². The number of aromatic nitrogens is 4. The Kier molecular flexibility index (Phi) is 4.69. The van der Waals surface area contributed by atoms with Crippen molar-refractivity contribution in [3.8, 4) is 0 Å². The molecular formula is C18H23F3N6. The first-order chi connectivity index (χ1) is 12.9. The Morgan fingerprint density at radius 3 is 2.33 bits per heavy atom. The number of hydrogen-bond donors (Lipinski definition) is 0.